The normalized spacial score (nSPS) is 15.8. The number of aromatic amines is 1. The summed E-state index contributed by atoms with van der Waals surface area (Å²) in [4.78, 5) is 10.8. The first kappa shape index (κ1) is 24.5. The monoisotopic (exact) mass is 525 g/mol. The fraction of sp³-hybridized carbons (Fsp3) is 0.269. The number of benzene rings is 1. The molecule has 5 rings (SSSR count). The van der Waals surface area contributed by atoms with Crippen molar-refractivity contribution in [3.63, 3.8) is 0 Å². The summed E-state index contributed by atoms with van der Waals surface area (Å²) < 4.78 is 11.5. The van der Waals surface area contributed by atoms with Gasteiger partial charge in [0, 0.05) is 49.2 Å². The molecule has 1 fully saturated rings. The van der Waals surface area contributed by atoms with Crippen LogP contribution < -0.4 is 4.74 Å². The summed E-state index contributed by atoms with van der Waals surface area (Å²) in [5.41, 5.74) is 3.60. The largest absolute Gasteiger partial charge is 0.506 e. The van der Waals surface area contributed by atoms with Crippen molar-refractivity contribution >= 4 is 45.9 Å². The third-order valence-electron chi connectivity index (χ3n) is 6.03. The number of hydrogen-bond donors (Lipinski definition) is 2. The van der Waals surface area contributed by atoms with Crippen molar-refractivity contribution in [1.29, 1.82) is 0 Å². The highest BCUT2D eigenvalue weighted by atomic mass is 35.5. The van der Waals surface area contributed by atoms with E-state index in [2.05, 4.69) is 25.1 Å². The van der Waals surface area contributed by atoms with Crippen molar-refractivity contribution in [3.8, 4) is 5.75 Å². The van der Waals surface area contributed by atoms with Gasteiger partial charge in [-0.15, -0.1) is 0 Å². The van der Waals surface area contributed by atoms with Gasteiger partial charge in [0.2, 0.25) is 0 Å². The quantitative estimate of drug-likeness (QED) is 0.299. The number of morpholine rings is 1. The maximum Gasteiger partial charge on any atom is 0.144 e. The van der Waals surface area contributed by atoms with Gasteiger partial charge in [0.15, 0.2) is 0 Å². The third kappa shape index (κ3) is 5.47. The van der Waals surface area contributed by atoms with Crippen LogP contribution in [-0.4, -0.2) is 56.5 Å². The molecule has 186 valence electrons. The van der Waals surface area contributed by atoms with E-state index in [0.29, 0.717) is 27.1 Å². The van der Waals surface area contributed by atoms with Crippen LogP contribution >= 0.6 is 23.2 Å². The summed E-state index contributed by atoms with van der Waals surface area (Å²) in [6.07, 6.45) is 6.05. The van der Waals surface area contributed by atoms with Gasteiger partial charge in [-0.2, -0.15) is 5.10 Å². The molecule has 1 aromatic carbocycles. The Balaban J connectivity index is 1.34. The van der Waals surface area contributed by atoms with Crippen molar-refractivity contribution in [2.75, 3.05) is 26.3 Å². The second-order valence-electron chi connectivity index (χ2n) is 8.56. The molecule has 3 aromatic heterocycles. The molecule has 4 heterocycles. The molecule has 10 heteroatoms. The molecule has 1 aliphatic heterocycles. The SMILES string of the molecule is C[C@H](Oc1ccc2[nH]nc(/C(O)=C/c3ccc(CN4CCOCC4)nc3)c2c1)c1c(Cl)cncc1Cl. The van der Waals surface area contributed by atoms with Crippen LogP contribution in [0.2, 0.25) is 10.0 Å². The highest BCUT2D eigenvalue weighted by Crippen LogP contribution is 2.34. The van der Waals surface area contributed by atoms with Gasteiger partial charge < -0.3 is 14.6 Å². The van der Waals surface area contributed by atoms with Crippen LogP contribution in [0.3, 0.4) is 0 Å². The van der Waals surface area contributed by atoms with Gasteiger partial charge in [0.1, 0.15) is 23.3 Å². The van der Waals surface area contributed by atoms with E-state index in [1.807, 2.05) is 37.3 Å². The van der Waals surface area contributed by atoms with Crippen LogP contribution in [0.15, 0.2) is 48.9 Å². The highest BCUT2D eigenvalue weighted by Gasteiger charge is 2.18. The number of ether oxygens (including phenoxy) is 2. The van der Waals surface area contributed by atoms with Crippen LogP contribution in [-0.2, 0) is 11.3 Å². The molecule has 0 spiro atoms. The molecule has 0 saturated carbocycles. The zero-order valence-corrected chi connectivity index (χ0v) is 21.1. The Hall–Kier alpha value is -3.17. The van der Waals surface area contributed by atoms with Crippen LogP contribution in [0.5, 0.6) is 5.75 Å². The lowest BCUT2D eigenvalue weighted by atomic mass is 10.1. The van der Waals surface area contributed by atoms with Gasteiger partial charge in [-0.05, 0) is 42.8 Å². The standard InChI is InChI=1S/C26H25Cl2N5O3/c1-16(25-21(27)13-29-14-22(25)28)36-19-4-5-23-20(11-19)26(32-31-23)24(34)10-17-2-3-18(30-12-17)15-33-6-8-35-9-7-33/h2-5,10-14,16,34H,6-9,15H2,1H3,(H,31,32)/b24-10-/t16-/m0/s1. The Morgan fingerprint density at radius 1 is 1.17 bits per heavy atom. The number of aliphatic hydroxyl groups is 1. The van der Waals surface area contributed by atoms with Crippen molar-refractivity contribution in [2.45, 2.75) is 19.6 Å². The molecular weight excluding hydrogens is 501 g/mol. The molecule has 36 heavy (non-hydrogen) atoms. The van der Waals surface area contributed by atoms with E-state index in [9.17, 15) is 5.11 Å². The Morgan fingerprint density at radius 3 is 2.67 bits per heavy atom. The molecule has 2 N–H and O–H groups in total. The second-order valence-corrected chi connectivity index (χ2v) is 9.37. The predicted octanol–water partition coefficient (Wildman–Crippen LogP) is 5.69. The van der Waals surface area contributed by atoms with E-state index >= 15 is 0 Å². The number of H-pyrrole nitrogens is 1. The van der Waals surface area contributed by atoms with Crippen LogP contribution in [0, 0.1) is 0 Å². The van der Waals surface area contributed by atoms with Crippen molar-refractivity contribution in [2.24, 2.45) is 0 Å². The number of nitrogens with zero attached hydrogens (tertiary/aromatic N) is 4. The first-order valence-electron chi connectivity index (χ1n) is 11.6. The first-order chi connectivity index (χ1) is 17.5. The summed E-state index contributed by atoms with van der Waals surface area (Å²) in [7, 11) is 0. The molecule has 4 aromatic rings. The van der Waals surface area contributed by atoms with Crippen LogP contribution in [0.25, 0.3) is 22.7 Å². The van der Waals surface area contributed by atoms with Gasteiger partial charge in [-0.1, -0.05) is 29.3 Å². The molecule has 1 saturated heterocycles. The lowest BCUT2D eigenvalue weighted by Gasteiger charge is -2.26. The fourth-order valence-corrected chi connectivity index (χ4v) is 4.84. The summed E-state index contributed by atoms with van der Waals surface area (Å²) in [5.74, 6) is 0.609. The highest BCUT2D eigenvalue weighted by molar-refractivity contribution is 6.35. The van der Waals surface area contributed by atoms with Gasteiger partial charge in [0.05, 0.1) is 34.5 Å². The topological polar surface area (TPSA) is 96.4 Å². The van der Waals surface area contributed by atoms with Crippen molar-refractivity contribution in [1.82, 2.24) is 25.1 Å². The predicted molar refractivity (Wildman–Crippen MR) is 140 cm³/mol. The minimum atomic E-state index is -0.410. The first-order valence-corrected chi connectivity index (χ1v) is 12.3. The van der Waals surface area contributed by atoms with Gasteiger partial charge in [-0.3, -0.25) is 20.0 Å². The van der Waals surface area contributed by atoms with Crippen LogP contribution in [0.4, 0.5) is 0 Å². The molecule has 0 bridgehead atoms. The molecule has 1 atom stereocenters. The average Bonchev–Trinajstić information content (AvgIpc) is 3.29. The van der Waals surface area contributed by atoms with Crippen molar-refractivity contribution in [3.05, 3.63) is 81.5 Å². The van der Waals surface area contributed by atoms with Crippen LogP contribution in [0.1, 0.15) is 35.5 Å². The molecule has 0 amide bonds. The molecular formula is C26H25Cl2N5O3. The average molecular weight is 526 g/mol. The van der Waals surface area contributed by atoms with Gasteiger partial charge >= 0.3 is 0 Å². The van der Waals surface area contributed by atoms with E-state index < -0.39 is 6.10 Å². The Morgan fingerprint density at radius 2 is 1.94 bits per heavy atom. The molecule has 0 aliphatic carbocycles. The van der Waals surface area contributed by atoms with E-state index in [1.165, 1.54) is 12.4 Å². The Kier molecular flexibility index (Phi) is 7.38. The third-order valence-corrected chi connectivity index (χ3v) is 6.63. The van der Waals surface area contributed by atoms with Crippen molar-refractivity contribution < 1.29 is 14.6 Å². The van der Waals surface area contributed by atoms with E-state index in [1.54, 1.807) is 12.3 Å². The number of nitrogens with one attached hydrogen (secondary N) is 1. The number of aliphatic hydroxyl groups excluding tert-OH is 1. The zero-order valence-electron chi connectivity index (χ0n) is 19.6. The lowest BCUT2D eigenvalue weighted by Crippen LogP contribution is -2.35. The second kappa shape index (κ2) is 10.8. The number of hydrogen-bond acceptors (Lipinski definition) is 7. The Labute approximate surface area is 218 Å². The molecule has 1 aliphatic rings. The minimum absolute atomic E-state index is 0.0226. The Bertz CT molecular complexity index is 1360. The molecule has 8 nitrogen and oxygen atoms in total. The van der Waals surface area contributed by atoms with Gasteiger partial charge in [0.25, 0.3) is 0 Å². The number of rotatable bonds is 7. The van der Waals surface area contributed by atoms with E-state index in [-0.39, 0.29) is 5.76 Å². The summed E-state index contributed by atoms with van der Waals surface area (Å²) in [6, 6.07) is 9.40. The van der Waals surface area contributed by atoms with Gasteiger partial charge in [-0.25, -0.2) is 0 Å². The summed E-state index contributed by atoms with van der Waals surface area (Å²) >= 11 is 12.6. The van der Waals surface area contributed by atoms with E-state index in [0.717, 1.165) is 55.0 Å². The minimum Gasteiger partial charge on any atom is -0.506 e. The zero-order chi connectivity index (χ0) is 25.1. The van der Waals surface area contributed by atoms with E-state index in [4.69, 9.17) is 32.7 Å². The summed E-state index contributed by atoms with van der Waals surface area (Å²) in [5, 5.41) is 19.7. The summed E-state index contributed by atoms with van der Waals surface area (Å²) in [6.45, 7) is 5.96. The number of halogens is 2. The molecule has 0 radical (unpaired) electrons. The lowest BCUT2D eigenvalue weighted by molar-refractivity contribution is 0.0336. The molecule has 0 unspecified atom stereocenters. The number of aromatic nitrogens is 4. The maximum absolute atomic E-state index is 10.9. The fourth-order valence-electron chi connectivity index (χ4n) is 4.16. The number of pyridine rings is 2. The number of fused-ring (bicyclic) bond motifs is 1. The smallest absolute Gasteiger partial charge is 0.144 e. The maximum atomic E-state index is 10.9.